The van der Waals surface area contributed by atoms with E-state index in [1.54, 1.807) is 24.3 Å². The standard InChI is InChI=1S/C25H26F2O2/c1-2-3-18-28-23-14-8-20(9-15-23)5-4-19-6-10-21(11-7-19)22-12-16-24(17-13-22)29-25(26)27/h6-17,25H,2-5,18H2,1H3. The molecule has 0 radical (unpaired) electrons. The van der Waals surface area contributed by atoms with E-state index in [9.17, 15) is 8.78 Å². The van der Waals surface area contributed by atoms with Crippen molar-refractivity contribution in [1.29, 1.82) is 0 Å². The summed E-state index contributed by atoms with van der Waals surface area (Å²) in [6.07, 6.45) is 4.13. The molecule has 0 aliphatic rings. The zero-order valence-corrected chi connectivity index (χ0v) is 16.6. The first-order valence-electron chi connectivity index (χ1n) is 10.00. The summed E-state index contributed by atoms with van der Waals surface area (Å²) in [4.78, 5) is 0. The number of aryl methyl sites for hydroxylation is 2. The molecule has 0 aromatic heterocycles. The predicted octanol–water partition coefficient (Wildman–Crippen LogP) is 6.92. The van der Waals surface area contributed by atoms with Gasteiger partial charge in [0.1, 0.15) is 11.5 Å². The number of rotatable bonds is 10. The second-order valence-electron chi connectivity index (χ2n) is 6.95. The molecule has 0 aliphatic heterocycles. The average Bonchev–Trinajstić information content (AvgIpc) is 2.74. The Morgan fingerprint density at radius 3 is 1.69 bits per heavy atom. The normalized spacial score (nSPS) is 10.9. The third-order valence-electron chi connectivity index (χ3n) is 4.76. The van der Waals surface area contributed by atoms with Crippen LogP contribution in [0.25, 0.3) is 11.1 Å². The number of hydrogen-bond donors (Lipinski definition) is 0. The first-order valence-corrected chi connectivity index (χ1v) is 10.00. The molecule has 29 heavy (non-hydrogen) atoms. The van der Waals surface area contributed by atoms with Crippen molar-refractivity contribution in [3.8, 4) is 22.6 Å². The summed E-state index contributed by atoms with van der Waals surface area (Å²) in [6, 6.07) is 23.4. The smallest absolute Gasteiger partial charge is 0.387 e. The van der Waals surface area contributed by atoms with Crippen LogP contribution in [-0.4, -0.2) is 13.2 Å². The van der Waals surface area contributed by atoms with Crippen LogP contribution in [0.5, 0.6) is 11.5 Å². The Hall–Kier alpha value is -2.88. The molecule has 3 aromatic carbocycles. The molecule has 0 atom stereocenters. The highest BCUT2D eigenvalue weighted by Gasteiger charge is 2.05. The topological polar surface area (TPSA) is 18.5 Å². The summed E-state index contributed by atoms with van der Waals surface area (Å²) in [7, 11) is 0. The largest absolute Gasteiger partial charge is 0.494 e. The van der Waals surface area contributed by atoms with E-state index in [1.807, 2.05) is 12.1 Å². The number of ether oxygens (including phenoxy) is 2. The molecule has 2 nitrogen and oxygen atoms in total. The minimum atomic E-state index is -2.80. The SMILES string of the molecule is CCCCOc1ccc(CCc2ccc(-c3ccc(OC(F)F)cc3)cc2)cc1. The van der Waals surface area contributed by atoms with Crippen molar-refractivity contribution >= 4 is 0 Å². The lowest BCUT2D eigenvalue weighted by Crippen LogP contribution is -2.01. The molecule has 0 fully saturated rings. The van der Waals surface area contributed by atoms with Crippen molar-refractivity contribution < 1.29 is 18.3 Å². The van der Waals surface area contributed by atoms with E-state index in [4.69, 9.17) is 4.74 Å². The molecular weight excluding hydrogens is 370 g/mol. The van der Waals surface area contributed by atoms with Gasteiger partial charge in [0.25, 0.3) is 0 Å². The third-order valence-corrected chi connectivity index (χ3v) is 4.76. The Kier molecular flexibility index (Phi) is 7.62. The lowest BCUT2D eigenvalue weighted by molar-refractivity contribution is -0.0498. The maximum atomic E-state index is 12.2. The summed E-state index contributed by atoms with van der Waals surface area (Å²) in [5.41, 5.74) is 4.56. The molecule has 0 spiro atoms. The first-order chi connectivity index (χ1) is 14.1. The van der Waals surface area contributed by atoms with E-state index in [0.717, 1.165) is 49.2 Å². The molecule has 3 rings (SSSR count). The Labute approximate surface area is 171 Å². The van der Waals surface area contributed by atoms with E-state index in [1.165, 1.54) is 11.1 Å². The van der Waals surface area contributed by atoms with Gasteiger partial charge in [-0.3, -0.25) is 0 Å². The van der Waals surface area contributed by atoms with Gasteiger partial charge < -0.3 is 9.47 Å². The average molecular weight is 396 g/mol. The lowest BCUT2D eigenvalue weighted by Gasteiger charge is -2.08. The molecule has 0 saturated carbocycles. The summed E-state index contributed by atoms with van der Waals surface area (Å²) >= 11 is 0. The van der Waals surface area contributed by atoms with Gasteiger partial charge in [-0.1, -0.05) is 61.9 Å². The third kappa shape index (κ3) is 6.60. The van der Waals surface area contributed by atoms with Gasteiger partial charge in [0.2, 0.25) is 0 Å². The van der Waals surface area contributed by atoms with Crippen molar-refractivity contribution in [2.45, 2.75) is 39.2 Å². The van der Waals surface area contributed by atoms with Crippen molar-refractivity contribution in [3.63, 3.8) is 0 Å². The molecular formula is C25H26F2O2. The van der Waals surface area contributed by atoms with Crippen LogP contribution in [-0.2, 0) is 12.8 Å². The highest BCUT2D eigenvalue weighted by atomic mass is 19.3. The van der Waals surface area contributed by atoms with Crippen LogP contribution in [0.2, 0.25) is 0 Å². The van der Waals surface area contributed by atoms with Crippen LogP contribution in [0.3, 0.4) is 0 Å². The lowest BCUT2D eigenvalue weighted by atomic mass is 10.0. The van der Waals surface area contributed by atoms with Gasteiger partial charge in [-0.15, -0.1) is 0 Å². The fourth-order valence-corrected chi connectivity index (χ4v) is 3.07. The summed E-state index contributed by atoms with van der Waals surface area (Å²) < 4.78 is 34.6. The number of alkyl halides is 2. The van der Waals surface area contributed by atoms with Gasteiger partial charge in [-0.2, -0.15) is 8.78 Å². The Bertz CT molecular complexity index is 857. The maximum absolute atomic E-state index is 12.2. The van der Waals surface area contributed by atoms with Crippen molar-refractivity contribution in [2.24, 2.45) is 0 Å². The van der Waals surface area contributed by atoms with Crippen LogP contribution < -0.4 is 9.47 Å². The summed E-state index contributed by atoms with van der Waals surface area (Å²) in [5.74, 6) is 1.10. The van der Waals surface area contributed by atoms with Gasteiger partial charge in [-0.25, -0.2) is 0 Å². The molecule has 4 heteroatoms. The van der Waals surface area contributed by atoms with Crippen molar-refractivity contribution in [2.75, 3.05) is 6.61 Å². The van der Waals surface area contributed by atoms with E-state index in [0.29, 0.717) is 0 Å². The second kappa shape index (κ2) is 10.6. The van der Waals surface area contributed by atoms with E-state index >= 15 is 0 Å². The van der Waals surface area contributed by atoms with Crippen molar-refractivity contribution in [3.05, 3.63) is 83.9 Å². The minimum absolute atomic E-state index is 0.169. The Morgan fingerprint density at radius 1 is 0.690 bits per heavy atom. The molecule has 0 unspecified atom stereocenters. The van der Waals surface area contributed by atoms with Crippen LogP contribution in [0.4, 0.5) is 8.78 Å². The minimum Gasteiger partial charge on any atom is -0.494 e. The predicted molar refractivity (Wildman–Crippen MR) is 113 cm³/mol. The van der Waals surface area contributed by atoms with E-state index in [-0.39, 0.29) is 5.75 Å². The molecule has 0 aliphatic carbocycles. The second-order valence-corrected chi connectivity index (χ2v) is 6.95. The van der Waals surface area contributed by atoms with Gasteiger partial charge in [0, 0.05) is 0 Å². The zero-order chi connectivity index (χ0) is 20.5. The van der Waals surface area contributed by atoms with E-state index < -0.39 is 6.61 Å². The van der Waals surface area contributed by atoms with Crippen LogP contribution in [0.1, 0.15) is 30.9 Å². The molecule has 3 aromatic rings. The Morgan fingerprint density at radius 2 is 1.17 bits per heavy atom. The monoisotopic (exact) mass is 396 g/mol. The molecule has 152 valence electrons. The van der Waals surface area contributed by atoms with Gasteiger partial charge >= 0.3 is 6.61 Å². The number of halogens is 2. The number of unbranched alkanes of at least 4 members (excludes halogenated alkanes) is 1. The summed E-state index contributed by atoms with van der Waals surface area (Å²) in [5, 5.41) is 0. The van der Waals surface area contributed by atoms with Gasteiger partial charge in [0.15, 0.2) is 0 Å². The molecule has 0 amide bonds. The zero-order valence-electron chi connectivity index (χ0n) is 16.6. The first kappa shape index (κ1) is 20.8. The quantitative estimate of drug-likeness (QED) is 0.346. The number of benzene rings is 3. The van der Waals surface area contributed by atoms with Gasteiger partial charge in [0.05, 0.1) is 6.61 Å². The van der Waals surface area contributed by atoms with Crippen LogP contribution in [0.15, 0.2) is 72.8 Å². The van der Waals surface area contributed by atoms with E-state index in [2.05, 4.69) is 48.1 Å². The molecule has 0 heterocycles. The fraction of sp³-hybridized carbons (Fsp3) is 0.280. The highest BCUT2D eigenvalue weighted by Crippen LogP contribution is 2.24. The molecule has 0 saturated heterocycles. The molecule has 0 N–H and O–H groups in total. The fourth-order valence-electron chi connectivity index (χ4n) is 3.07. The highest BCUT2D eigenvalue weighted by molar-refractivity contribution is 5.64. The summed E-state index contributed by atoms with van der Waals surface area (Å²) in [6.45, 7) is 0.120. The molecule has 0 bridgehead atoms. The number of hydrogen-bond acceptors (Lipinski definition) is 2. The Balaban J connectivity index is 1.52. The van der Waals surface area contributed by atoms with Gasteiger partial charge in [-0.05, 0) is 65.8 Å². The van der Waals surface area contributed by atoms with Crippen LogP contribution in [0, 0.1) is 0 Å². The van der Waals surface area contributed by atoms with Crippen LogP contribution >= 0.6 is 0 Å². The maximum Gasteiger partial charge on any atom is 0.387 e. The van der Waals surface area contributed by atoms with Crippen molar-refractivity contribution in [1.82, 2.24) is 0 Å².